The smallest absolute Gasteiger partial charge is 0.284 e. The van der Waals surface area contributed by atoms with Crippen molar-refractivity contribution < 1.29 is 17.8 Å². The predicted molar refractivity (Wildman–Crippen MR) is 92.2 cm³/mol. The minimum Gasteiger partial charge on any atom is -0.461 e. The highest BCUT2D eigenvalue weighted by Gasteiger charge is 2.23. The van der Waals surface area contributed by atoms with Crippen molar-refractivity contribution in [3.8, 4) is 11.6 Å². The van der Waals surface area contributed by atoms with E-state index in [4.69, 9.17) is 4.42 Å². The van der Waals surface area contributed by atoms with Gasteiger partial charge in [-0.3, -0.25) is 10.1 Å². The standard InChI is InChI=1S/C14H13N5O5S2/c1-15-26(22,23)9-5-6-12(10(8-9)19(20)21)25-14-17-16-13(18(14)2)11-4-3-7-24-11/h3-8,15H,1-2H3. The highest BCUT2D eigenvalue weighted by molar-refractivity contribution is 7.99. The molecule has 0 atom stereocenters. The number of sulfonamides is 1. The van der Waals surface area contributed by atoms with Gasteiger partial charge in [-0.2, -0.15) is 0 Å². The van der Waals surface area contributed by atoms with Crippen molar-refractivity contribution in [2.45, 2.75) is 14.9 Å². The van der Waals surface area contributed by atoms with Crippen LogP contribution in [0.2, 0.25) is 0 Å². The second-order valence-corrected chi connectivity index (χ2v) is 7.93. The zero-order chi connectivity index (χ0) is 18.9. The minimum atomic E-state index is -3.79. The molecule has 3 rings (SSSR count). The van der Waals surface area contributed by atoms with Crippen LogP contribution in [0.3, 0.4) is 0 Å². The second kappa shape index (κ2) is 6.90. The molecule has 1 aromatic carbocycles. The lowest BCUT2D eigenvalue weighted by molar-refractivity contribution is -0.388. The summed E-state index contributed by atoms with van der Waals surface area (Å²) in [5.41, 5.74) is -0.339. The first-order valence-corrected chi connectivity index (χ1v) is 9.46. The summed E-state index contributed by atoms with van der Waals surface area (Å²) in [5.74, 6) is 0.978. The first-order valence-electron chi connectivity index (χ1n) is 7.16. The van der Waals surface area contributed by atoms with E-state index in [2.05, 4.69) is 14.9 Å². The Hall–Kier alpha value is -2.70. The number of nitro benzene ring substituents is 1. The molecule has 0 aliphatic carbocycles. The van der Waals surface area contributed by atoms with Crippen LogP contribution < -0.4 is 4.72 Å². The van der Waals surface area contributed by atoms with Crippen LogP contribution in [0.4, 0.5) is 5.69 Å². The van der Waals surface area contributed by atoms with E-state index >= 15 is 0 Å². The molecular weight excluding hydrogens is 382 g/mol. The fourth-order valence-corrected chi connectivity index (χ4v) is 3.76. The van der Waals surface area contributed by atoms with Crippen molar-refractivity contribution in [1.29, 1.82) is 0 Å². The molecule has 0 radical (unpaired) electrons. The van der Waals surface area contributed by atoms with Crippen LogP contribution in [0.25, 0.3) is 11.6 Å². The van der Waals surface area contributed by atoms with Gasteiger partial charge in [-0.15, -0.1) is 10.2 Å². The van der Waals surface area contributed by atoms with Gasteiger partial charge in [0.1, 0.15) is 0 Å². The Balaban J connectivity index is 1.99. The fourth-order valence-electron chi connectivity index (χ4n) is 2.13. The van der Waals surface area contributed by atoms with Gasteiger partial charge in [0.15, 0.2) is 16.7 Å². The van der Waals surface area contributed by atoms with Gasteiger partial charge in [-0.25, -0.2) is 13.1 Å². The number of hydrogen-bond donors (Lipinski definition) is 1. The molecule has 10 nitrogen and oxygen atoms in total. The molecule has 12 heteroatoms. The van der Waals surface area contributed by atoms with E-state index in [1.165, 1.54) is 25.4 Å². The molecule has 1 N–H and O–H groups in total. The number of nitrogens with one attached hydrogen (secondary N) is 1. The molecule has 136 valence electrons. The Labute approximate surface area is 152 Å². The van der Waals surface area contributed by atoms with Crippen LogP contribution in [0.1, 0.15) is 0 Å². The zero-order valence-electron chi connectivity index (χ0n) is 13.6. The van der Waals surface area contributed by atoms with Crippen LogP contribution in [-0.4, -0.2) is 35.2 Å². The summed E-state index contributed by atoms with van der Waals surface area (Å²) in [6, 6.07) is 7.11. The molecule has 0 fully saturated rings. The topological polar surface area (TPSA) is 133 Å². The molecule has 0 spiro atoms. The average Bonchev–Trinajstić information content (AvgIpc) is 3.25. The summed E-state index contributed by atoms with van der Waals surface area (Å²) in [5, 5.41) is 19.8. The van der Waals surface area contributed by atoms with Gasteiger partial charge in [0, 0.05) is 13.1 Å². The summed E-state index contributed by atoms with van der Waals surface area (Å²) in [6.07, 6.45) is 1.50. The van der Waals surface area contributed by atoms with E-state index in [1.54, 1.807) is 23.7 Å². The Kier molecular flexibility index (Phi) is 4.80. The molecule has 2 aromatic heterocycles. The number of rotatable bonds is 6. The third-order valence-corrected chi connectivity index (χ3v) is 6.00. The number of nitro groups is 1. The van der Waals surface area contributed by atoms with Crippen LogP contribution in [0.15, 0.2) is 56.0 Å². The van der Waals surface area contributed by atoms with Gasteiger partial charge >= 0.3 is 0 Å². The Morgan fingerprint density at radius 3 is 2.69 bits per heavy atom. The lowest BCUT2D eigenvalue weighted by Crippen LogP contribution is -2.18. The van der Waals surface area contributed by atoms with Crippen LogP contribution in [0, 0.1) is 10.1 Å². The van der Waals surface area contributed by atoms with Gasteiger partial charge in [0.05, 0.1) is 21.0 Å². The molecular formula is C14H13N5O5S2. The average molecular weight is 395 g/mol. The van der Waals surface area contributed by atoms with E-state index in [0.29, 0.717) is 16.7 Å². The Bertz CT molecular complexity index is 1060. The monoisotopic (exact) mass is 395 g/mol. The Morgan fingerprint density at radius 1 is 1.31 bits per heavy atom. The van der Waals surface area contributed by atoms with E-state index in [-0.39, 0.29) is 15.5 Å². The molecule has 0 saturated carbocycles. The summed E-state index contributed by atoms with van der Waals surface area (Å²) >= 11 is 1.00. The minimum absolute atomic E-state index is 0.190. The lowest BCUT2D eigenvalue weighted by Gasteiger charge is -2.06. The van der Waals surface area contributed by atoms with Gasteiger partial charge in [-0.05, 0) is 43.1 Å². The van der Waals surface area contributed by atoms with Crippen LogP contribution in [0.5, 0.6) is 0 Å². The zero-order valence-corrected chi connectivity index (χ0v) is 15.2. The van der Waals surface area contributed by atoms with Gasteiger partial charge in [-0.1, -0.05) is 0 Å². The summed E-state index contributed by atoms with van der Waals surface area (Å²) in [4.78, 5) is 10.8. The number of benzene rings is 1. The maximum absolute atomic E-state index is 11.9. The molecule has 0 unspecified atom stereocenters. The van der Waals surface area contributed by atoms with E-state index < -0.39 is 14.9 Å². The van der Waals surface area contributed by atoms with E-state index in [9.17, 15) is 18.5 Å². The Morgan fingerprint density at radius 2 is 2.08 bits per heavy atom. The third kappa shape index (κ3) is 3.34. The normalized spacial score (nSPS) is 11.6. The summed E-state index contributed by atoms with van der Waals surface area (Å²) in [7, 11) is -0.851. The quantitative estimate of drug-likeness (QED) is 0.495. The van der Waals surface area contributed by atoms with Gasteiger partial charge in [0.25, 0.3) is 5.69 Å². The molecule has 2 heterocycles. The molecule has 0 bridgehead atoms. The van der Waals surface area contributed by atoms with Crippen LogP contribution in [-0.2, 0) is 17.1 Å². The highest BCUT2D eigenvalue weighted by atomic mass is 32.2. The van der Waals surface area contributed by atoms with Gasteiger partial charge < -0.3 is 8.98 Å². The molecule has 0 aliphatic heterocycles. The van der Waals surface area contributed by atoms with Crippen molar-refractivity contribution in [2.24, 2.45) is 7.05 Å². The number of aromatic nitrogens is 3. The van der Waals surface area contributed by atoms with Crippen molar-refractivity contribution >= 4 is 27.5 Å². The molecule has 3 aromatic rings. The highest BCUT2D eigenvalue weighted by Crippen LogP contribution is 2.36. The summed E-state index contributed by atoms with van der Waals surface area (Å²) in [6.45, 7) is 0. The van der Waals surface area contributed by atoms with Crippen molar-refractivity contribution in [3.63, 3.8) is 0 Å². The molecule has 0 saturated heterocycles. The number of nitrogens with zero attached hydrogens (tertiary/aromatic N) is 4. The first-order chi connectivity index (χ1) is 12.3. The molecule has 26 heavy (non-hydrogen) atoms. The predicted octanol–water partition coefficient (Wildman–Crippen LogP) is 2.04. The fraction of sp³-hybridized carbons (Fsp3) is 0.143. The second-order valence-electron chi connectivity index (χ2n) is 5.04. The first kappa shape index (κ1) is 18.1. The van der Waals surface area contributed by atoms with Crippen LogP contribution >= 0.6 is 11.8 Å². The SMILES string of the molecule is CNS(=O)(=O)c1ccc(Sc2nnc(-c3ccco3)n2C)c([N+](=O)[O-])c1. The maximum atomic E-state index is 11.9. The summed E-state index contributed by atoms with van der Waals surface area (Å²) < 4.78 is 32.7. The van der Waals surface area contributed by atoms with E-state index in [1.807, 2.05) is 0 Å². The molecule has 0 amide bonds. The van der Waals surface area contributed by atoms with Gasteiger partial charge in [0.2, 0.25) is 10.0 Å². The van der Waals surface area contributed by atoms with Crippen molar-refractivity contribution in [3.05, 3.63) is 46.7 Å². The van der Waals surface area contributed by atoms with Crippen molar-refractivity contribution in [1.82, 2.24) is 19.5 Å². The van der Waals surface area contributed by atoms with E-state index in [0.717, 1.165) is 17.8 Å². The maximum Gasteiger partial charge on any atom is 0.284 e. The lowest BCUT2D eigenvalue weighted by atomic mass is 10.3. The number of furan rings is 1. The third-order valence-electron chi connectivity index (χ3n) is 3.48. The molecule has 0 aliphatic rings. The number of hydrogen-bond acceptors (Lipinski definition) is 8. The largest absolute Gasteiger partial charge is 0.461 e. The van der Waals surface area contributed by atoms with Crippen molar-refractivity contribution in [2.75, 3.05) is 7.05 Å².